The Morgan fingerprint density at radius 2 is 1.95 bits per heavy atom. The lowest BCUT2D eigenvalue weighted by Crippen LogP contribution is -2.13. The number of amides is 1. The highest BCUT2D eigenvalue weighted by molar-refractivity contribution is 6.31. The van der Waals surface area contributed by atoms with E-state index in [0.717, 1.165) is 0 Å². The highest BCUT2D eigenvalue weighted by Gasteiger charge is 2.15. The monoisotopic (exact) mass is 290 g/mol. The molecule has 0 saturated heterocycles. The molecule has 102 valence electrons. The molecule has 0 radical (unpaired) electrons. The Labute approximate surface area is 120 Å². The summed E-state index contributed by atoms with van der Waals surface area (Å²) in [6, 6.07) is 9.91. The van der Waals surface area contributed by atoms with Crippen LogP contribution in [0.2, 0.25) is 5.02 Å². The molecule has 0 atom stereocenters. The van der Waals surface area contributed by atoms with Crippen molar-refractivity contribution in [3.63, 3.8) is 0 Å². The second kappa shape index (κ2) is 4.94. The number of anilines is 2. The van der Waals surface area contributed by atoms with Crippen LogP contribution in [0.5, 0.6) is 11.5 Å². The number of hydrogen-bond donors (Lipinski definition) is 2. The van der Waals surface area contributed by atoms with Crippen molar-refractivity contribution < 1.29 is 14.3 Å². The van der Waals surface area contributed by atoms with E-state index < -0.39 is 0 Å². The van der Waals surface area contributed by atoms with Gasteiger partial charge < -0.3 is 20.5 Å². The first-order chi connectivity index (χ1) is 9.63. The Kier molecular flexibility index (Phi) is 3.12. The van der Waals surface area contributed by atoms with Gasteiger partial charge in [0.25, 0.3) is 5.91 Å². The van der Waals surface area contributed by atoms with Crippen LogP contribution in [0.4, 0.5) is 11.4 Å². The van der Waals surface area contributed by atoms with E-state index in [1.54, 1.807) is 30.3 Å². The minimum atomic E-state index is -0.307. The SMILES string of the molecule is Nc1cc(Cl)ccc1C(=O)Nc1ccc2c(c1)OCO2. The van der Waals surface area contributed by atoms with Gasteiger partial charge in [0, 0.05) is 22.5 Å². The molecule has 20 heavy (non-hydrogen) atoms. The van der Waals surface area contributed by atoms with Gasteiger partial charge in [0.05, 0.1) is 5.56 Å². The van der Waals surface area contributed by atoms with Crippen LogP contribution in [-0.4, -0.2) is 12.7 Å². The molecule has 0 fully saturated rings. The Balaban J connectivity index is 1.82. The van der Waals surface area contributed by atoms with Crippen molar-refractivity contribution in [1.82, 2.24) is 0 Å². The van der Waals surface area contributed by atoms with E-state index in [1.165, 1.54) is 6.07 Å². The van der Waals surface area contributed by atoms with E-state index >= 15 is 0 Å². The van der Waals surface area contributed by atoms with Crippen LogP contribution >= 0.6 is 11.6 Å². The molecule has 1 aliphatic heterocycles. The molecule has 0 aromatic heterocycles. The molecule has 6 heteroatoms. The van der Waals surface area contributed by atoms with Crippen molar-refractivity contribution in [2.75, 3.05) is 17.8 Å². The summed E-state index contributed by atoms with van der Waals surface area (Å²) in [5, 5.41) is 3.24. The molecule has 2 aromatic carbocycles. The summed E-state index contributed by atoms with van der Waals surface area (Å²) >= 11 is 5.80. The van der Waals surface area contributed by atoms with Crippen LogP contribution in [0, 0.1) is 0 Å². The van der Waals surface area contributed by atoms with E-state index in [2.05, 4.69) is 5.32 Å². The number of nitrogens with two attached hydrogens (primary N) is 1. The zero-order valence-electron chi connectivity index (χ0n) is 10.4. The van der Waals surface area contributed by atoms with Crippen LogP contribution in [-0.2, 0) is 0 Å². The highest BCUT2D eigenvalue weighted by atomic mass is 35.5. The summed E-state index contributed by atoms with van der Waals surface area (Å²) < 4.78 is 10.5. The number of carbonyl (C=O) groups excluding carboxylic acids is 1. The number of fused-ring (bicyclic) bond motifs is 1. The third-order valence-corrected chi connectivity index (χ3v) is 3.12. The molecular weight excluding hydrogens is 280 g/mol. The van der Waals surface area contributed by atoms with Crippen molar-refractivity contribution in [1.29, 1.82) is 0 Å². The summed E-state index contributed by atoms with van der Waals surface area (Å²) in [7, 11) is 0. The van der Waals surface area contributed by atoms with Gasteiger partial charge in [-0.05, 0) is 30.3 Å². The maximum atomic E-state index is 12.1. The lowest BCUT2D eigenvalue weighted by Gasteiger charge is -2.08. The van der Waals surface area contributed by atoms with Gasteiger partial charge in [-0.15, -0.1) is 0 Å². The average Bonchev–Trinajstić information content (AvgIpc) is 2.85. The smallest absolute Gasteiger partial charge is 0.257 e. The van der Waals surface area contributed by atoms with Gasteiger partial charge in [0.15, 0.2) is 11.5 Å². The number of carbonyl (C=O) groups is 1. The van der Waals surface area contributed by atoms with Crippen molar-refractivity contribution >= 4 is 28.9 Å². The lowest BCUT2D eigenvalue weighted by molar-refractivity contribution is 0.102. The molecule has 2 aromatic rings. The maximum Gasteiger partial charge on any atom is 0.257 e. The molecule has 5 nitrogen and oxygen atoms in total. The van der Waals surface area contributed by atoms with Crippen LogP contribution < -0.4 is 20.5 Å². The lowest BCUT2D eigenvalue weighted by atomic mass is 10.1. The molecule has 1 aliphatic rings. The normalized spacial score (nSPS) is 12.2. The van der Waals surface area contributed by atoms with Gasteiger partial charge in [-0.25, -0.2) is 0 Å². The minimum Gasteiger partial charge on any atom is -0.454 e. The standard InChI is InChI=1S/C14H11ClN2O3/c15-8-1-3-10(11(16)5-8)14(18)17-9-2-4-12-13(6-9)20-7-19-12/h1-6H,7,16H2,(H,17,18). The predicted octanol–water partition coefficient (Wildman–Crippen LogP) is 2.90. The fourth-order valence-corrected chi connectivity index (χ4v) is 2.09. The first-order valence-electron chi connectivity index (χ1n) is 5.89. The topological polar surface area (TPSA) is 73.6 Å². The Morgan fingerprint density at radius 1 is 1.15 bits per heavy atom. The van der Waals surface area contributed by atoms with Gasteiger partial charge >= 0.3 is 0 Å². The molecule has 0 bridgehead atoms. The first kappa shape index (κ1) is 12.6. The molecule has 3 rings (SSSR count). The number of nitrogens with one attached hydrogen (secondary N) is 1. The van der Waals surface area contributed by atoms with Gasteiger partial charge in [-0.2, -0.15) is 0 Å². The second-order valence-electron chi connectivity index (χ2n) is 4.25. The Hall–Kier alpha value is -2.40. The molecule has 0 unspecified atom stereocenters. The third-order valence-electron chi connectivity index (χ3n) is 2.89. The van der Waals surface area contributed by atoms with Gasteiger partial charge in [0.2, 0.25) is 6.79 Å². The maximum absolute atomic E-state index is 12.1. The van der Waals surface area contributed by atoms with E-state index in [1.807, 2.05) is 0 Å². The van der Waals surface area contributed by atoms with E-state index in [-0.39, 0.29) is 12.7 Å². The predicted molar refractivity (Wildman–Crippen MR) is 76.4 cm³/mol. The third kappa shape index (κ3) is 2.35. The highest BCUT2D eigenvalue weighted by Crippen LogP contribution is 2.34. The minimum absolute atomic E-state index is 0.191. The summed E-state index contributed by atoms with van der Waals surface area (Å²) in [4.78, 5) is 12.1. The summed E-state index contributed by atoms with van der Waals surface area (Å²) in [5.74, 6) is 0.957. The van der Waals surface area contributed by atoms with Crippen LogP contribution in [0.1, 0.15) is 10.4 Å². The fourth-order valence-electron chi connectivity index (χ4n) is 1.91. The van der Waals surface area contributed by atoms with E-state index in [9.17, 15) is 4.79 Å². The van der Waals surface area contributed by atoms with Crippen molar-refractivity contribution in [3.05, 3.63) is 47.0 Å². The summed E-state index contributed by atoms with van der Waals surface area (Å²) in [6.07, 6.45) is 0. The van der Waals surface area contributed by atoms with E-state index in [0.29, 0.717) is 33.5 Å². The molecular formula is C14H11ClN2O3. The van der Waals surface area contributed by atoms with Crippen molar-refractivity contribution in [2.24, 2.45) is 0 Å². The van der Waals surface area contributed by atoms with Crippen molar-refractivity contribution in [2.45, 2.75) is 0 Å². The molecule has 0 aliphatic carbocycles. The summed E-state index contributed by atoms with van der Waals surface area (Å²) in [5.41, 5.74) is 7.08. The average molecular weight is 291 g/mol. The fraction of sp³-hybridized carbons (Fsp3) is 0.0714. The van der Waals surface area contributed by atoms with Crippen molar-refractivity contribution in [3.8, 4) is 11.5 Å². The van der Waals surface area contributed by atoms with Crippen LogP contribution in [0.25, 0.3) is 0 Å². The van der Waals surface area contributed by atoms with Gasteiger partial charge in [-0.3, -0.25) is 4.79 Å². The molecule has 1 heterocycles. The quantitative estimate of drug-likeness (QED) is 0.834. The van der Waals surface area contributed by atoms with Gasteiger partial charge in [0.1, 0.15) is 0 Å². The number of rotatable bonds is 2. The number of benzene rings is 2. The number of hydrogen-bond acceptors (Lipinski definition) is 4. The molecule has 3 N–H and O–H groups in total. The molecule has 0 saturated carbocycles. The van der Waals surface area contributed by atoms with Gasteiger partial charge in [-0.1, -0.05) is 11.6 Å². The molecule has 1 amide bonds. The van der Waals surface area contributed by atoms with E-state index in [4.69, 9.17) is 26.8 Å². The second-order valence-corrected chi connectivity index (χ2v) is 4.69. The Morgan fingerprint density at radius 3 is 2.75 bits per heavy atom. The number of nitrogen functional groups attached to an aromatic ring is 1. The Bertz CT molecular complexity index is 688. The number of ether oxygens (including phenoxy) is 2. The zero-order chi connectivity index (χ0) is 14.1. The van der Waals surface area contributed by atoms with Crippen LogP contribution in [0.3, 0.4) is 0 Å². The number of halogens is 1. The van der Waals surface area contributed by atoms with Crippen LogP contribution in [0.15, 0.2) is 36.4 Å². The molecule has 0 spiro atoms. The summed E-state index contributed by atoms with van der Waals surface area (Å²) in [6.45, 7) is 0.191. The first-order valence-corrected chi connectivity index (χ1v) is 6.27. The largest absolute Gasteiger partial charge is 0.454 e. The zero-order valence-corrected chi connectivity index (χ0v) is 11.1.